The topological polar surface area (TPSA) is 75.1 Å². The molecular weight excluding hydrogens is 160 g/mol. The van der Waals surface area contributed by atoms with Crippen LogP contribution in [-0.2, 0) is 6.54 Å². The predicted octanol–water partition coefficient (Wildman–Crippen LogP) is 0.203. The van der Waals surface area contributed by atoms with Gasteiger partial charge in [-0.2, -0.15) is 0 Å². The van der Waals surface area contributed by atoms with E-state index in [0.29, 0.717) is 12.2 Å². The van der Waals surface area contributed by atoms with E-state index in [1.165, 1.54) is 4.57 Å². The van der Waals surface area contributed by atoms with Crippen LogP contribution in [-0.4, -0.2) is 20.6 Å². The minimum absolute atomic E-state index is 0.0261. The van der Waals surface area contributed by atoms with Crippen molar-refractivity contribution >= 4 is 5.97 Å². The van der Waals surface area contributed by atoms with Gasteiger partial charge in [0.05, 0.1) is 5.69 Å². The molecule has 0 atom stereocenters. The summed E-state index contributed by atoms with van der Waals surface area (Å²) >= 11 is 0. The molecule has 0 radical (unpaired) electrons. The van der Waals surface area contributed by atoms with E-state index in [4.69, 9.17) is 5.11 Å². The zero-order valence-electron chi connectivity index (χ0n) is 6.92. The van der Waals surface area contributed by atoms with Gasteiger partial charge in [0.1, 0.15) is 5.69 Å². The molecule has 1 aromatic rings. The third-order valence-electron chi connectivity index (χ3n) is 1.77. The Bertz CT molecular complexity index is 361. The highest BCUT2D eigenvalue weighted by Gasteiger charge is 2.13. The Morgan fingerprint density at radius 3 is 2.50 bits per heavy atom. The Morgan fingerprint density at radius 1 is 1.67 bits per heavy atom. The highest BCUT2D eigenvalue weighted by Crippen LogP contribution is 2.01. The molecule has 1 heterocycles. The van der Waals surface area contributed by atoms with Crippen molar-refractivity contribution in [2.24, 2.45) is 0 Å². The van der Waals surface area contributed by atoms with Crippen LogP contribution in [0.5, 0.6) is 0 Å². The van der Waals surface area contributed by atoms with Gasteiger partial charge in [-0.1, -0.05) is 0 Å². The lowest BCUT2D eigenvalue weighted by Crippen LogP contribution is -2.16. The Labute approximate surface area is 68.6 Å². The molecule has 1 aromatic heterocycles. The number of hydrogen-bond acceptors (Lipinski definition) is 2. The Hall–Kier alpha value is -1.52. The number of aromatic carboxylic acids is 1. The first-order valence-electron chi connectivity index (χ1n) is 3.60. The van der Waals surface area contributed by atoms with Crippen LogP contribution in [0.1, 0.15) is 23.1 Å². The summed E-state index contributed by atoms with van der Waals surface area (Å²) in [5, 5.41) is 8.62. The summed E-state index contributed by atoms with van der Waals surface area (Å²) < 4.78 is 1.38. The first-order valence-corrected chi connectivity index (χ1v) is 3.60. The number of imidazole rings is 1. The first kappa shape index (κ1) is 8.58. The summed E-state index contributed by atoms with van der Waals surface area (Å²) in [6.45, 7) is 3.87. The van der Waals surface area contributed by atoms with Crippen molar-refractivity contribution in [2.75, 3.05) is 0 Å². The molecule has 0 saturated carbocycles. The summed E-state index contributed by atoms with van der Waals surface area (Å²) in [7, 11) is 0. The van der Waals surface area contributed by atoms with Crippen LogP contribution >= 0.6 is 0 Å². The number of carbonyl (C=O) groups is 1. The molecule has 0 saturated heterocycles. The summed E-state index contributed by atoms with van der Waals surface area (Å²) in [6, 6.07) is 0. The van der Waals surface area contributed by atoms with Crippen LogP contribution in [0.25, 0.3) is 0 Å². The SMILES string of the molecule is CCn1c(C)c(C(=O)O)[nH]c1=O. The van der Waals surface area contributed by atoms with Crippen molar-refractivity contribution < 1.29 is 9.90 Å². The summed E-state index contributed by atoms with van der Waals surface area (Å²) in [5.41, 5.74) is 0.0734. The molecule has 0 aromatic carbocycles. The van der Waals surface area contributed by atoms with Gasteiger partial charge in [-0.05, 0) is 13.8 Å². The highest BCUT2D eigenvalue weighted by molar-refractivity contribution is 5.86. The maximum Gasteiger partial charge on any atom is 0.354 e. The number of rotatable bonds is 2. The lowest BCUT2D eigenvalue weighted by Gasteiger charge is -1.97. The Morgan fingerprint density at radius 2 is 2.25 bits per heavy atom. The molecule has 0 bridgehead atoms. The van der Waals surface area contributed by atoms with E-state index in [1.54, 1.807) is 13.8 Å². The number of hydrogen-bond donors (Lipinski definition) is 2. The van der Waals surface area contributed by atoms with Crippen molar-refractivity contribution in [1.82, 2.24) is 9.55 Å². The van der Waals surface area contributed by atoms with E-state index in [0.717, 1.165) is 0 Å². The number of nitrogens with zero attached hydrogens (tertiary/aromatic N) is 1. The van der Waals surface area contributed by atoms with Crippen molar-refractivity contribution in [2.45, 2.75) is 20.4 Å². The van der Waals surface area contributed by atoms with Crippen LogP contribution in [0.15, 0.2) is 4.79 Å². The molecule has 0 aliphatic carbocycles. The maximum absolute atomic E-state index is 11.0. The molecule has 0 spiro atoms. The van der Waals surface area contributed by atoms with E-state index < -0.39 is 5.97 Å². The minimum atomic E-state index is -1.10. The van der Waals surface area contributed by atoms with Crippen molar-refractivity contribution in [3.63, 3.8) is 0 Å². The highest BCUT2D eigenvalue weighted by atomic mass is 16.4. The molecule has 0 aliphatic heterocycles. The van der Waals surface area contributed by atoms with Gasteiger partial charge in [0.2, 0.25) is 0 Å². The second kappa shape index (κ2) is 2.84. The van der Waals surface area contributed by atoms with Gasteiger partial charge in [0.15, 0.2) is 0 Å². The molecule has 0 amide bonds. The van der Waals surface area contributed by atoms with E-state index in [2.05, 4.69) is 4.98 Å². The predicted molar refractivity (Wildman–Crippen MR) is 42.4 cm³/mol. The van der Waals surface area contributed by atoms with E-state index >= 15 is 0 Å². The van der Waals surface area contributed by atoms with Gasteiger partial charge >= 0.3 is 11.7 Å². The van der Waals surface area contributed by atoms with Crippen LogP contribution in [0.3, 0.4) is 0 Å². The fourth-order valence-corrected chi connectivity index (χ4v) is 1.14. The van der Waals surface area contributed by atoms with E-state index in [9.17, 15) is 9.59 Å². The molecule has 1 rings (SSSR count). The molecule has 5 nitrogen and oxygen atoms in total. The fraction of sp³-hybridized carbons (Fsp3) is 0.429. The Kier molecular flexibility index (Phi) is 2.03. The second-order valence-corrected chi connectivity index (χ2v) is 2.44. The maximum atomic E-state index is 11.0. The first-order chi connectivity index (χ1) is 5.57. The molecule has 0 aliphatic rings. The largest absolute Gasteiger partial charge is 0.477 e. The van der Waals surface area contributed by atoms with E-state index in [1.807, 2.05) is 0 Å². The molecule has 0 fully saturated rings. The van der Waals surface area contributed by atoms with Crippen molar-refractivity contribution in [3.8, 4) is 0 Å². The smallest absolute Gasteiger partial charge is 0.354 e. The van der Waals surface area contributed by atoms with Gasteiger partial charge < -0.3 is 5.11 Å². The second-order valence-electron chi connectivity index (χ2n) is 2.44. The summed E-state index contributed by atoms with van der Waals surface area (Å²) in [6.07, 6.45) is 0. The molecule has 0 unspecified atom stereocenters. The number of aromatic nitrogens is 2. The lowest BCUT2D eigenvalue weighted by atomic mass is 10.3. The summed E-state index contributed by atoms with van der Waals surface area (Å²) in [4.78, 5) is 23.8. The summed E-state index contributed by atoms with van der Waals surface area (Å²) in [5.74, 6) is -1.10. The van der Waals surface area contributed by atoms with Crippen molar-refractivity contribution in [3.05, 3.63) is 21.9 Å². The quantitative estimate of drug-likeness (QED) is 0.665. The van der Waals surface area contributed by atoms with Gasteiger partial charge in [0.25, 0.3) is 0 Å². The number of carboxylic acid groups (broad SMARTS) is 1. The molecule has 12 heavy (non-hydrogen) atoms. The monoisotopic (exact) mass is 170 g/mol. The van der Waals surface area contributed by atoms with Gasteiger partial charge in [-0.25, -0.2) is 9.59 Å². The van der Waals surface area contributed by atoms with Crippen LogP contribution in [0.2, 0.25) is 0 Å². The zero-order valence-corrected chi connectivity index (χ0v) is 6.92. The zero-order chi connectivity index (χ0) is 9.30. The van der Waals surface area contributed by atoms with Gasteiger partial charge in [-0.15, -0.1) is 0 Å². The molecular formula is C7H10N2O3. The standard InChI is InChI=1S/C7H10N2O3/c1-3-9-4(2)5(6(10)11)8-7(9)12/h3H2,1-2H3,(H,8,12)(H,10,11). The van der Waals surface area contributed by atoms with Crippen LogP contribution in [0.4, 0.5) is 0 Å². The fourth-order valence-electron chi connectivity index (χ4n) is 1.14. The van der Waals surface area contributed by atoms with Crippen LogP contribution < -0.4 is 5.69 Å². The lowest BCUT2D eigenvalue weighted by molar-refractivity contribution is 0.0690. The third kappa shape index (κ3) is 1.13. The molecule has 5 heteroatoms. The van der Waals surface area contributed by atoms with Gasteiger partial charge in [0, 0.05) is 6.54 Å². The van der Waals surface area contributed by atoms with Crippen molar-refractivity contribution in [1.29, 1.82) is 0 Å². The number of nitrogens with one attached hydrogen (secondary N) is 1. The molecule has 2 N–H and O–H groups in total. The Balaban J connectivity index is 3.36. The average molecular weight is 170 g/mol. The van der Waals surface area contributed by atoms with E-state index in [-0.39, 0.29) is 11.4 Å². The van der Waals surface area contributed by atoms with Crippen LogP contribution in [0, 0.1) is 6.92 Å². The third-order valence-corrected chi connectivity index (χ3v) is 1.77. The normalized spacial score (nSPS) is 10.2. The molecule has 66 valence electrons. The number of carboxylic acids is 1. The average Bonchev–Trinajstić information content (AvgIpc) is 2.27. The minimum Gasteiger partial charge on any atom is -0.477 e. The number of H-pyrrole nitrogens is 1. The van der Waals surface area contributed by atoms with Gasteiger partial charge in [-0.3, -0.25) is 9.55 Å². The number of aromatic amines is 1.